The van der Waals surface area contributed by atoms with E-state index in [1.165, 1.54) is 18.2 Å². The number of halogens is 3. The fraction of sp³-hybridized carbons (Fsp3) is 0.222. The van der Waals surface area contributed by atoms with Crippen LogP contribution in [0.25, 0.3) is 0 Å². The van der Waals surface area contributed by atoms with Gasteiger partial charge in [0, 0.05) is 14.1 Å². The van der Waals surface area contributed by atoms with Crippen molar-refractivity contribution in [2.45, 2.75) is 6.18 Å². The molecule has 0 heterocycles. The Balaban J connectivity index is 2.16. The summed E-state index contributed by atoms with van der Waals surface area (Å²) in [5, 5.41) is 11.4. The second kappa shape index (κ2) is 7.78. The Morgan fingerprint density at radius 2 is 1.92 bits per heavy atom. The van der Waals surface area contributed by atoms with Gasteiger partial charge in [0.15, 0.2) is 6.61 Å². The largest absolute Gasteiger partial charge is 0.482 e. The summed E-state index contributed by atoms with van der Waals surface area (Å²) >= 11 is 0. The maximum atomic E-state index is 12.9. The summed E-state index contributed by atoms with van der Waals surface area (Å²) in [7, 11) is 3.30. The van der Waals surface area contributed by atoms with E-state index < -0.39 is 24.3 Å². The van der Waals surface area contributed by atoms with E-state index in [4.69, 9.17) is 10.00 Å². The Morgan fingerprint density at radius 1 is 1.23 bits per heavy atom. The molecule has 0 fully saturated rings. The van der Waals surface area contributed by atoms with Crippen molar-refractivity contribution >= 4 is 17.3 Å². The van der Waals surface area contributed by atoms with Crippen LogP contribution in [0.2, 0.25) is 0 Å². The molecule has 0 aliphatic carbocycles. The van der Waals surface area contributed by atoms with Gasteiger partial charge in [0.05, 0.1) is 22.5 Å². The third kappa shape index (κ3) is 4.66. The van der Waals surface area contributed by atoms with Gasteiger partial charge in [-0.1, -0.05) is 12.1 Å². The van der Waals surface area contributed by atoms with E-state index in [0.29, 0.717) is 5.69 Å². The predicted octanol–water partition coefficient (Wildman–Crippen LogP) is 3.66. The zero-order valence-electron chi connectivity index (χ0n) is 14.1. The average Bonchev–Trinajstić information content (AvgIpc) is 2.59. The Morgan fingerprint density at radius 3 is 2.54 bits per heavy atom. The fourth-order valence-electron chi connectivity index (χ4n) is 2.22. The van der Waals surface area contributed by atoms with E-state index in [9.17, 15) is 18.0 Å². The van der Waals surface area contributed by atoms with Crippen LogP contribution in [0.15, 0.2) is 42.5 Å². The molecule has 0 spiro atoms. The SMILES string of the molecule is CN(C)c1ccc(C(F)(F)F)cc1NC(=O)COc1ccccc1C#N. The summed E-state index contributed by atoms with van der Waals surface area (Å²) in [6.07, 6.45) is -4.52. The molecule has 0 saturated heterocycles. The lowest BCUT2D eigenvalue weighted by atomic mass is 10.1. The molecule has 26 heavy (non-hydrogen) atoms. The number of nitriles is 1. The number of benzene rings is 2. The molecular formula is C18H16F3N3O2. The van der Waals surface area contributed by atoms with E-state index in [0.717, 1.165) is 12.1 Å². The summed E-state index contributed by atoms with van der Waals surface area (Å²) in [5.41, 5.74) is -0.168. The van der Waals surface area contributed by atoms with Gasteiger partial charge in [-0.15, -0.1) is 0 Å². The molecule has 0 unspecified atom stereocenters. The maximum Gasteiger partial charge on any atom is 0.416 e. The van der Waals surface area contributed by atoms with Gasteiger partial charge >= 0.3 is 6.18 Å². The topological polar surface area (TPSA) is 65.4 Å². The highest BCUT2D eigenvalue weighted by atomic mass is 19.4. The minimum absolute atomic E-state index is 0.0204. The second-order valence-electron chi connectivity index (χ2n) is 5.57. The van der Waals surface area contributed by atoms with Crippen LogP contribution in [0.1, 0.15) is 11.1 Å². The molecule has 8 heteroatoms. The summed E-state index contributed by atoms with van der Waals surface area (Å²) in [6.45, 7) is -0.443. The first-order valence-corrected chi connectivity index (χ1v) is 7.52. The van der Waals surface area contributed by atoms with E-state index in [-0.39, 0.29) is 17.0 Å². The van der Waals surface area contributed by atoms with Gasteiger partial charge in [-0.2, -0.15) is 18.4 Å². The number of alkyl halides is 3. The normalized spacial score (nSPS) is 10.8. The molecule has 1 amide bonds. The number of hydrogen-bond donors (Lipinski definition) is 1. The van der Waals surface area contributed by atoms with Crippen molar-refractivity contribution in [3.8, 4) is 11.8 Å². The number of rotatable bonds is 5. The number of carbonyl (C=O) groups is 1. The van der Waals surface area contributed by atoms with Crippen molar-refractivity contribution in [2.75, 3.05) is 30.9 Å². The van der Waals surface area contributed by atoms with Crippen LogP contribution < -0.4 is 15.0 Å². The molecule has 1 N–H and O–H groups in total. The first kappa shape index (κ1) is 19.1. The van der Waals surface area contributed by atoms with Gasteiger partial charge in [0.1, 0.15) is 11.8 Å². The summed E-state index contributed by atoms with van der Waals surface area (Å²) < 4.78 is 44.0. The number of nitrogens with zero attached hydrogens (tertiary/aromatic N) is 2. The van der Waals surface area contributed by atoms with Gasteiger partial charge in [0.2, 0.25) is 0 Å². The van der Waals surface area contributed by atoms with Crippen LogP contribution in [0.3, 0.4) is 0 Å². The van der Waals surface area contributed by atoms with Crippen LogP contribution in [0.5, 0.6) is 5.75 Å². The minimum atomic E-state index is -4.52. The number of amides is 1. The smallest absolute Gasteiger partial charge is 0.416 e. The summed E-state index contributed by atoms with van der Waals surface area (Å²) in [4.78, 5) is 13.7. The number of para-hydroxylation sites is 1. The quantitative estimate of drug-likeness (QED) is 0.881. The van der Waals surface area contributed by atoms with Gasteiger partial charge in [-0.05, 0) is 30.3 Å². The van der Waals surface area contributed by atoms with Crippen LogP contribution >= 0.6 is 0 Å². The van der Waals surface area contributed by atoms with Crippen molar-refractivity contribution in [1.29, 1.82) is 5.26 Å². The highest BCUT2D eigenvalue weighted by molar-refractivity contribution is 5.95. The number of carbonyl (C=O) groups excluding carboxylic acids is 1. The van der Waals surface area contributed by atoms with Crippen molar-refractivity contribution in [2.24, 2.45) is 0 Å². The monoisotopic (exact) mass is 363 g/mol. The Bertz CT molecular complexity index is 842. The molecular weight excluding hydrogens is 347 g/mol. The van der Waals surface area contributed by atoms with Crippen LogP contribution in [0.4, 0.5) is 24.5 Å². The third-order valence-electron chi connectivity index (χ3n) is 3.45. The molecule has 2 rings (SSSR count). The number of nitrogens with one attached hydrogen (secondary N) is 1. The highest BCUT2D eigenvalue weighted by Crippen LogP contribution is 2.34. The molecule has 0 aliphatic rings. The molecule has 2 aromatic carbocycles. The van der Waals surface area contributed by atoms with Crippen LogP contribution in [-0.4, -0.2) is 26.6 Å². The third-order valence-corrected chi connectivity index (χ3v) is 3.45. The van der Waals surface area contributed by atoms with Crippen molar-refractivity contribution < 1.29 is 22.7 Å². The van der Waals surface area contributed by atoms with Crippen molar-refractivity contribution in [1.82, 2.24) is 0 Å². The molecule has 0 saturated carbocycles. The summed E-state index contributed by atoms with van der Waals surface area (Å²) in [5.74, 6) is -0.415. The number of ether oxygens (including phenoxy) is 1. The Hall–Kier alpha value is -3.21. The van der Waals surface area contributed by atoms with Crippen LogP contribution in [-0.2, 0) is 11.0 Å². The molecule has 0 aromatic heterocycles. The van der Waals surface area contributed by atoms with Gasteiger partial charge < -0.3 is 15.0 Å². The fourth-order valence-corrected chi connectivity index (χ4v) is 2.22. The lowest BCUT2D eigenvalue weighted by Crippen LogP contribution is -2.23. The molecule has 2 aromatic rings. The van der Waals surface area contributed by atoms with E-state index in [2.05, 4.69) is 5.32 Å². The first-order valence-electron chi connectivity index (χ1n) is 7.52. The van der Waals surface area contributed by atoms with Gasteiger partial charge in [-0.3, -0.25) is 4.79 Å². The highest BCUT2D eigenvalue weighted by Gasteiger charge is 2.31. The van der Waals surface area contributed by atoms with Crippen molar-refractivity contribution in [3.05, 3.63) is 53.6 Å². The second-order valence-corrected chi connectivity index (χ2v) is 5.57. The Labute approximate surface area is 148 Å². The maximum absolute atomic E-state index is 12.9. The standard InChI is InChI=1S/C18H16F3N3O2/c1-24(2)15-8-7-13(18(19,20)21)9-14(15)23-17(25)11-26-16-6-4-3-5-12(16)10-22/h3-9H,11H2,1-2H3,(H,23,25). The van der Waals surface area contributed by atoms with Gasteiger partial charge in [0.25, 0.3) is 5.91 Å². The number of hydrogen-bond acceptors (Lipinski definition) is 4. The number of anilines is 2. The molecule has 0 atom stereocenters. The lowest BCUT2D eigenvalue weighted by Gasteiger charge is -2.20. The van der Waals surface area contributed by atoms with Crippen LogP contribution in [0, 0.1) is 11.3 Å². The van der Waals surface area contributed by atoms with E-state index in [1.54, 1.807) is 31.1 Å². The van der Waals surface area contributed by atoms with E-state index >= 15 is 0 Å². The molecule has 136 valence electrons. The minimum Gasteiger partial charge on any atom is -0.482 e. The lowest BCUT2D eigenvalue weighted by molar-refractivity contribution is -0.137. The molecule has 0 bridgehead atoms. The zero-order valence-corrected chi connectivity index (χ0v) is 14.1. The average molecular weight is 363 g/mol. The Kier molecular flexibility index (Phi) is 5.72. The zero-order chi connectivity index (χ0) is 19.3. The molecule has 5 nitrogen and oxygen atoms in total. The molecule has 0 aliphatic heterocycles. The predicted molar refractivity (Wildman–Crippen MR) is 91.1 cm³/mol. The van der Waals surface area contributed by atoms with Crippen molar-refractivity contribution in [3.63, 3.8) is 0 Å². The summed E-state index contributed by atoms with van der Waals surface area (Å²) in [6, 6.07) is 11.4. The first-order chi connectivity index (χ1) is 12.2. The molecule has 0 radical (unpaired) electrons. The van der Waals surface area contributed by atoms with Gasteiger partial charge in [-0.25, -0.2) is 0 Å². The van der Waals surface area contributed by atoms with E-state index in [1.807, 2.05) is 6.07 Å².